The molecule has 0 spiro atoms. The van der Waals surface area contributed by atoms with Crippen molar-refractivity contribution in [1.82, 2.24) is 9.80 Å². The van der Waals surface area contributed by atoms with Gasteiger partial charge >= 0.3 is 0 Å². The summed E-state index contributed by atoms with van der Waals surface area (Å²) in [4.78, 5) is 5.10. The van der Waals surface area contributed by atoms with E-state index in [2.05, 4.69) is 44.8 Å². The van der Waals surface area contributed by atoms with Crippen LogP contribution in [-0.4, -0.2) is 50.1 Å². The topological polar surface area (TPSA) is 6.48 Å². The number of hydrogen-bond donors (Lipinski definition) is 0. The first-order valence-corrected chi connectivity index (χ1v) is 12.2. The van der Waals surface area contributed by atoms with Gasteiger partial charge in [0.05, 0.1) is 0 Å². The number of nitrogens with zero attached hydrogens (tertiary/aromatic N) is 2. The van der Waals surface area contributed by atoms with Gasteiger partial charge in [-0.3, -0.25) is 0 Å². The monoisotopic (exact) mass is 374 g/mol. The molecule has 4 aliphatic carbocycles. The molecule has 4 fully saturated rings. The highest BCUT2D eigenvalue weighted by molar-refractivity contribution is 5.10. The molecular formula is C25H46N2. The van der Waals surface area contributed by atoms with Gasteiger partial charge in [0.25, 0.3) is 0 Å². The molecule has 0 bridgehead atoms. The molecule has 2 heteroatoms. The summed E-state index contributed by atoms with van der Waals surface area (Å²) >= 11 is 0. The summed E-state index contributed by atoms with van der Waals surface area (Å²) in [5.74, 6) is 4.16. The molecule has 0 saturated heterocycles. The van der Waals surface area contributed by atoms with Gasteiger partial charge in [-0.1, -0.05) is 26.7 Å². The van der Waals surface area contributed by atoms with Crippen molar-refractivity contribution in [3.8, 4) is 0 Å². The standard InChI is InChI=1S/C25H46N2/c1-24-15-7-6-9-19(24)10-11-20-21-12-13-23(25(21,2)16-14-22(20)24)27(5)18-8-17-26(3)4/h19-23H,6-18H2,1-5H3/t19-,20+,21+,22+,23+,24+,25+/m1/s1. The van der Waals surface area contributed by atoms with Gasteiger partial charge in [-0.2, -0.15) is 0 Å². The lowest BCUT2D eigenvalue weighted by atomic mass is 9.45. The summed E-state index contributed by atoms with van der Waals surface area (Å²) in [6.07, 6.45) is 16.5. The van der Waals surface area contributed by atoms with Crippen molar-refractivity contribution in [2.45, 2.75) is 90.5 Å². The maximum atomic E-state index is 2.76. The molecule has 7 atom stereocenters. The van der Waals surface area contributed by atoms with E-state index >= 15 is 0 Å². The average molecular weight is 375 g/mol. The van der Waals surface area contributed by atoms with Crippen LogP contribution in [0.1, 0.15) is 84.5 Å². The van der Waals surface area contributed by atoms with Crippen molar-refractivity contribution in [3.63, 3.8) is 0 Å². The highest BCUT2D eigenvalue weighted by Crippen LogP contribution is 2.66. The van der Waals surface area contributed by atoms with Crippen LogP contribution >= 0.6 is 0 Å². The van der Waals surface area contributed by atoms with E-state index in [4.69, 9.17) is 0 Å². The smallest absolute Gasteiger partial charge is 0.0149 e. The maximum absolute atomic E-state index is 2.76. The molecule has 4 rings (SSSR count). The molecule has 0 N–H and O–H groups in total. The molecular weight excluding hydrogens is 328 g/mol. The van der Waals surface area contributed by atoms with Gasteiger partial charge in [-0.05, 0) is 127 Å². The Labute approximate surface area is 169 Å². The predicted octanol–water partition coefficient (Wildman–Crippen LogP) is 5.67. The molecule has 4 aliphatic rings. The zero-order chi connectivity index (χ0) is 19.2. The lowest BCUT2D eigenvalue weighted by Gasteiger charge is -2.61. The summed E-state index contributed by atoms with van der Waals surface area (Å²) in [6, 6.07) is 0.836. The molecule has 4 saturated carbocycles. The third kappa shape index (κ3) is 3.41. The van der Waals surface area contributed by atoms with E-state index < -0.39 is 0 Å². The Hall–Kier alpha value is -0.0800. The zero-order valence-corrected chi connectivity index (χ0v) is 19.0. The molecule has 0 amide bonds. The van der Waals surface area contributed by atoms with Crippen LogP contribution in [0.5, 0.6) is 0 Å². The van der Waals surface area contributed by atoms with E-state index in [1.165, 1.54) is 64.5 Å². The largest absolute Gasteiger partial charge is 0.309 e. The zero-order valence-electron chi connectivity index (χ0n) is 19.0. The number of rotatable bonds is 5. The van der Waals surface area contributed by atoms with Gasteiger partial charge in [0.2, 0.25) is 0 Å². The minimum absolute atomic E-state index is 0.589. The molecule has 0 aromatic carbocycles. The SMILES string of the molecule is CN(C)CCCN(C)[C@H]1CC[C@H]2[C@@H]3CC[C@H]4CCCC[C@]4(C)[C@H]3CC[C@]12C. The van der Waals surface area contributed by atoms with Crippen LogP contribution in [0, 0.1) is 34.5 Å². The summed E-state index contributed by atoms with van der Waals surface area (Å²) < 4.78 is 0. The van der Waals surface area contributed by atoms with Crippen LogP contribution in [0.15, 0.2) is 0 Å². The van der Waals surface area contributed by atoms with Crippen molar-refractivity contribution in [2.75, 3.05) is 34.2 Å². The first kappa shape index (κ1) is 20.2. The summed E-state index contributed by atoms with van der Waals surface area (Å²) in [7, 11) is 6.84. The van der Waals surface area contributed by atoms with Crippen molar-refractivity contribution < 1.29 is 0 Å². The van der Waals surface area contributed by atoms with Crippen molar-refractivity contribution in [1.29, 1.82) is 0 Å². The Morgan fingerprint density at radius 1 is 0.741 bits per heavy atom. The third-order valence-electron chi connectivity index (χ3n) is 10.2. The van der Waals surface area contributed by atoms with Crippen molar-refractivity contribution >= 4 is 0 Å². The lowest BCUT2D eigenvalue weighted by Crippen LogP contribution is -2.55. The number of fused-ring (bicyclic) bond motifs is 5. The van der Waals surface area contributed by atoms with Crippen molar-refractivity contribution in [2.24, 2.45) is 34.5 Å². The Morgan fingerprint density at radius 3 is 2.30 bits per heavy atom. The minimum atomic E-state index is 0.589. The molecule has 0 unspecified atom stereocenters. The molecule has 27 heavy (non-hydrogen) atoms. The Morgan fingerprint density at radius 2 is 1.52 bits per heavy atom. The second-order valence-corrected chi connectivity index (χ2v) is 11.7. The normalized spacial score (nSPS) is 47.0. The summed E-state index contributed by atoms with van der Waals surface area (Å²) in [6.45, 7) is 7.92. The molecule has 156 valence electrons. The first-order chi connectivity index (χ1) is 12.9. The van der Waals surface area contributed by atoms with Crippen LogP contribution in [0.25, 0.3) is 0 Å². The van der Waals surface area contributed by atoms with E-state index in [0.717, 1.165) is 29.7 Å². The Kier molecular flexibility index (Phi) is 5.71. The first-order valence-electron chi connectivity index (χ1n) is 12.2. The van der Waals surface area contributed by atoms with E-state index in [1.807, 2.05) is 0 Å². The van der Waals surface area contributed by atoms with E-state index in [9.17, 15) is 0 Å². The van der Waals surface area contributed by atoms with E-state index in [-0.39, 0.29) is 0 Å². The van der Waals surface area contributed by atoms with Crippen LogP contribution < -0.4 is 0 Å². The third-order valence-corrected chi connectivity index (χ3v) is 10.2. The second kappa shape index (κ2) is 7.63. The lowest BCUT2D eigenvalue weighted by molar-refractivity contribution is -0.113. The molecule has 0 aromatic rings. The quantitative estimate of drug-likeness (QED) is 0.611. The maximum Gasteiger partial charge on any atom is 0.0149 e. The Balaban J connectivity index is 1.46. The molecule has 2 nitrogen and oxygen atoms in total. The molecule has 0 radical (unpaired) electrons. The second-order valence-electron chi connectivity index (χ2n) is 11.7. The highest BCUT2D eigenvalue weighted by atomic mass is 15.2. The van der Waals surface area contributed by atoms with Gasteiger partial charge < -0.3 is 9.80 Å². The molecule has 0 heterocycles. The van der Waals surface area contributed by atoms with Gasteiger partial charge in [0, 0.05) is 6.04 Å². The van der Waals surface area contributed by atoms with Crippen molar-refractivity contribution in [3.05, 3.63) is 0 Å². The van der Waals surface area contributed by atoms with Gasteiger partial charge in [-0.15, -0.1) is 0 Å². The van der Waals surface area contributed by atoms with Crippen LogP contribution in [-0.2, 0) is 0 Å². The van der Waals surface area contributed by atoms with E-state index in [0.29, 0.717) is 10.8 Å². The molecule has 0 aliphatic heterocycles. The summed E-state index contributed by atoms with van der Waals surface area (Å²) in [5, 5.41) is 0. The fraction of sp³-hybridized carbons (Fsp3) is 1.00. The number of hydrogen-bond acceptors (Lipinski definition) is 2. The molecule has 0 aromatic heterocycles. The van der Waals surface area contributed by atoms with E-state index in [1.54, 1.807) is 19.3 Å². The van der Waals surface area contributed by atoms with Crippen LogP contribution in [0.2, 0.25) is 0 Å². The fourth-order valence-electron chi connectivity index (χ4n) is 8.78. The van der Waals surface area contributed by atoms with Gasteiger partial charge in [0.15, 0.2) is 0 Å². The fourth-order valence-corrected chi connectivity index (χ4v) is 8.78. The predicted molar refractivity (Wildman–Crippen MR) is 116 cm³/mol. The Bertz CT molecular complexity index is 516. The van der Waals surface area contributed by atoms with Gasteiger partial charge in [-0.25, -0.2) is 0 Å². The summed E-state index contributed by atoms with van der Waals surface area (Å²) in [5.41, 5.74) is 1.28. The van der Waals surface area contributed by atoms with Crippen LogP contribution in [0.4, 0.5) is 0 Å². The van der Waals surface area contributed by atoms with Gasteiger partial charge in [0.1, 0.15) is 0 Å². The minimum Gasteiger partial charge on any atom is -0.309 e. The highest BCUT2D eigenvalue weighted by Gasteiger charge is 2.60. The van der Waals surface area contributed by atoms with Crippen LogP contribution in [0.3, 0.4) is 0 Å². The average Bonchev–Trinajstić information content (AvgIpc) is 2.98.